The van der Waals surface area contributed by atoms with Crippen LogP contribution in [0, 0.1) is 0 Å². The SMILES string of the molecule is O=CCC(CC=O)c1ccc(Cl)c(Cl)c1. The number of halogens is 2. The van der Waals surface area contributed by atoms with E-state index in [0.717, 1.165) is 18.1 Å². The van der Waals surface area contributed by atoms with Crippen molar-refractivity contribution in [3.63, 3.8) is 0 Å². The summed E-state index contributed by atoms with van der Waals surface area (Å²) in [5.74, 6) is -0.102. The molecule has 0 bridgehead atoms. The summed E-state index contributed by atoms with van der Waals surface area (Å²) >= 11 is 11.6. The Morgan fingerprint density at radius 3 is 2.13 bits per heavy atom. The molecule has 80 valence electrons. The monoisotopic (exact) mass is 244 g/mol. The Hall–Kier alpha value is -0.860. The molecule has 0 radical (unpaired) electrons. The van der Waals surface area contributed by atoms with Gasteiger partial charge in [-0.2, -0.15) is 0 Å². The Kier molecular flexibility index (Phi) is 4.79. The summed E-state index contributed by atoms with van der Waals surface area (Å²) in [5, 5.41) is 0.910. The molecule has 15 heavy (non-hydrogen) atoms. The van der Waals surface area contributed by atoms with Crippen molar-refractivity contribution >= 4 is 35.8 Å². The number of carbonyl (C=O) groups is 2. The fourth-order valence-electron chi connectivity index (χ4n) is 1.37. The van der Waals surface area contributed by atoms with Crippen LogP contribution in [0.4, 0.5) is 0 Å². The van der Waals surface area contributed by atoms with Crippen molar-refractivity contribution in [2.75, 3.05) is 0 Å². The molecule has 0 heterocycles. The fourth-order valence-corrected chi connectivity index (χ4v) is 1.67. The first-order chi connectivity index (χ1) is 7.19. The average Bonchev–Trinajstić information content (AvgIpc) is 2.22. The van der Waals surface area contributed by atoms with E-state index in [0.29, 0.717) is 22.9 Å². The number of benzene rings is 1. The summed E-state index contributed by atoms with van der Waals surface area (Å²) in [4.78, 5) is 20.9. The van der Waals surface area contributed by atoms with Crippen LogP contribution in [-0.2, 0) is 9.59 Å². The lowest BCUT2D eigenvalue weighted by Gasteiger charge is -2.11. The van der Waals surface area contributed by atoms with Gasteiger partial charge in [0.25, 0.3) is 0 Å². The minimum Gasteiger partial charge on any atom is -0.303 e. The van der Waals surface area contributed by atoms with Crippen LogP contribution < -0.4 is 0 Å². The molecule has 0 aliphatic heterocycles. The van der Waals surface area contributed by atoms with Gasteiger partial charge in [0, 0.05) is 12.8 Å². The second-order valence-electron chi connectivity index (χ2n) is 3.18. The number of hydrogen-bond donors (Lipinski definition) is 0. The van der Waals surface area contributed by atoms with Crippen LogP contribution in [0.3, 0.4) is 0 Å². The zero-order chi connectivity index (χ0) is 11.3. The molecule has 0 saturated carbocycles. The highest BCUT2D eigenvalue weighted by atomic mass is 35.5. The Bertz CT molecular complexity index is 354. The summed E-state index contributed by atoms with van der Waals surface area (Å²) < 4.78 is 0. The van der Waals surface area contributed by atoms with Gasteiger partial charge in [-0.1, -0.05) is 29.3 Å². The molecule has 0 saturated heterocycles. The van der Waals surface area contributed by atoms with Crippen LogP contribution in [0.2, 0.25) is 10.0 Å². The molecule has 0 unspecified atom stereocenters. The van der Waals surface area contributed by atoms with Crippen LogP contribution in [0.5, 0.6) is 0 Å². The van der Waals surface area contributed by atoms with Crippen molar-refractivity contribution in [3.05, 3.63) is 33.8 Å². The van der Waals surface area contributed by atoms with Gasteiger partial charge in [0.05, 0.1) is 10.0 Å². The van der Waals surface area contributed by atoms with E-state index < -0.39 is 0 Å². The van der Waals surface area contributed by atoms with E-state index in [1.165, 1.54) is 0 Å². The summed E-state index contributed by atoms with van der Waals surface area (Å²) in [7, 11) is 0. The lowest BCUT2D eigenvalue weighted by Crippen LogP contribution is -2.00. The highest BCUT2D eigenvalue weighted by Crippen LogP contribution is 2.28. The van der Waals surface area contributed by atoms with E-state index in [2.05, 4.69) is 0 Å². The van der Waals surface area contributed by atoms with Crippen LogP contribution in [0.15, 0.2) is 18.2 Å². The maximum Gasteiger partial charge on any atom is 0.120 e. The lowest BCUT2D eigenvalue weighted by atomic mass is 9.94. The number of rotatable bonds is 5. The third kappa shape index (κ3) is 3.33. The van der Waals surface area contributed by atoms with Gasteiger partial charge in [0.15, 0.2) is 0 Å². The summed E-state index contributed by atoms with van der Waals surface area (Å²) in [6.45, 7) is 0. The topological polar surface area (TPSA) is 34.1 Å². The van der Waals surface area contributed by atoms with Gasteiger partial charge in [0.2, 0.25) is 0 Å². The molecule has 0 fully saturated rings. The van der Waals surface area contributed by atoms with Gasteiger partial charge in [-0.15, -0.1) is 0 Å². The van der Waals surface area contributed by atoms with Gasteiger partial charge in [-0.05, 0) is 23.6 Å². The summed E-state index contributed by atoms with van der Waals surface area (Å²) in [5.41, 5.74) is 0.864. The zero-order valence-electron chi connectivity index (χ0n) is 7.95. The van der Waals surface area contributed by atoms with Gasteiger partial charge >= 0.3 is 0 Å². The average molecular weight is 245 g/mol. The zero-order valence-corrected chi connectivity index (χ0v) is 9.46. The van der Waals surface area contributed by atoms with Crippen LogP contribution in [0.25, 0.3) is 0 Å². The Morgan fingerprint density at radius 1 is 1.07 bits per heavy atom. The van der Waals surface area contributed by atoms with Crippen molar-refractivity contribution in [2.45, 2.75) is 18.8 Å². The molecule has 0 aliphatic carbocycles. The molecule has 1 aromatic carbocycles. The quantitative estimate of drug-likeness (QED) is 0.746. The highest BCUT2D eigenvalue weighted by molar-refractivity contribution is 6.42. The van der Waals surface area contributed by atoms with Crippen molar-refractivity contribution < 1.29 is 9.59 Å². The summed E-state index contributed by atoms with van der Waals surface area (Å²) in [6.07, 6.45) is 2.24. The predicted octanol–water partition coefficient (Wildman–Crippen LogP) is 3.26. The van der Waals surface area contributed by atoms with E-state index >= 15 is 0 Å². The molecule has 0 amide bonds. The largest absolute Gasteiger partial charge is 0.303 e. The van der Waals surface area contributed by atoms with Crippen molar-refractivity contribution in [2.24, 2.45) is 0 Å². The number of hydrogen-bond acceptors (Lipinski definition) is 2. The lowest BCUT2D eigenvalue weighted by molar-refractivity contribution is -0.109. The van der Waals surface area contributed by atoms with E-state index in [9.17, 15) is 9.59 Å². The molecule has 1 aromatic rings. The van der Waals surface area contributed by atoms with Gasteiger partial charge in [0.1, 0.15) is 12.6 Å². The molecule has 2 nitrogen and oxygen atoms in total. The minimum atomic E-state index is -0.102. The molecular formula is C11H10Cl2O2. The molecule has 0 atom stereocenters. The van der Waals surface area contributed by atoms with Crippen LogP contribution >= 0.6 is 23.2 Å². The maximum absolute atomic E-state index is 10.4. The number of carbonyl (C=O) groups excluding carboxylic acids is 2. The van der Waals surface area contributed by atoms with Gasteiger partial charge < -0.3 is 9.59 Å². The Balaban J connectivity index is 2.94. The van der Waals surface area contributed by atoms with Crippen molar-refractivity contribution in [1.29, 1.82) is 0 Å². The third-order valence-corrected chi connectivity index (χ3v) is 2.92. The molecule has 0 aliphatic rings. The highest BCUT2D eigenvalue weighted by Gasteiger charge is 2.11. The van der Waals surface area contributed by atoms with E-state index in [1.54, 1.807) is 18.2 Å². The first-order valence-electron chi connectivity index (χ1n) is 4.51. The van der Waals surface area contributed by atoms with Crippen molar-refractivity contribution in [1.82, 2.24) is 0 Å². The smallest absolute Gasteiger partial charge is 0.120 e. The molecule has 0 aromatic heterocycles. The minimum absolute atomic E-state index is 0.102. The van der Waals surface area contributed by atoms with Crippen LogP contribution in [-0.4, -0.2) is 12.6 Å². The van der Waals surface area contributed by atoms with E-state index in [1.807, 2.05) is 0 Å². The molecule has 4 heteroatoms. The predicted molar refractivity (Wildman–Crippen MR) is 60.6 cm³/mol. The Morgan fingerprint density at radius 2 is 1.67 bits per heavy atom. The first kappa shape index (κ1) is 12.2. The number of aldehydes is 2. The van der Waals surface area contributed by atoms with Gasteiger partial charge in [-0.3, -0.25) is 0 Å². The van der Waals surface area contributed by atoms with Crippen LogP contribution in [0.1, 0.15) is 24.3 Å². The molecular weight excluding hydrogens is 235 g/mol. The normalized spacial score (nSPS) is 10.3. The molecule has 0 N–H and O–H groups in total. The van der Waals surface area contributed by atoms with E-state index in [-0.39, 0.29) is 5.92 Å². The maximum atomic E-state index is 10.4. The second-order valence-corrected chi connectivity index (χ2v) is 3.99. The standard InChI is InChI=1S/C11H10Cl2O2/c12-10-2-1-9(7-11(10)13)8(3-5-14)4-6-15/h1-2,5-8H,3-4H2. The second kappa shape index (κ2) is 5.89. The fraction of sp³-hybridized carbons (Fsp3) is 0.273. The molecule has 0 spiro atoms. The molecule has 1 rings (SSSR count). The third-order valence-electron chi connectivity index (χ3n) is 2.18. The van der Waals surface area contributed by atoms with Gasteiger partial charge in [-0.25, -0.2) is 0 Å². The van der Waals surface area contributed by atoms with Crippen molar-refractivity contribution in [3.8, 4) is 0 Å². The summed E-state index contributed by atoms with van der Waals surface area (Å²) in [6, 6.07) is 5.15. The first-order valence-corrected chi connectivity index (χ1v) is 5.27. The Labute approximate surface area is 98.2 Å². The van der Waals surface area contributed by atoms with E-state index in [4.69, 9.17) is 23.2 Å².